The molecule has 0 bridgehead atoms. The van der Waals surface area contributed by atoms with Gasteiger partial charge < -0.3 is 5.11 Å². The minimum absolute atomic E-state index is 2.73. The first-order chi connectivity index (χ1) is 10.4. The summed E-state index contributed by atoms with van der Waals surface area (Å²) < 4.78 is 110. The molecular weight excluding hydrogens is 128 g/mol. The molecule has 0 saturated heterocycles. The highest BCUT2D eigenvalue weighted by Crippen LogP contribution is 2.11. The number of carbonyl (C=O) groups is 1. The molecule has 0 aliphatic carbocycles. The number of rotatable bonds is 5. The Morgan fingerprint density at radius 1 is 1.90 bits per heavy atom. The van der Waals surface area contributed by atoms with Crippen LogP contribution in [0.25, 0.3) is 0 Å². The third kappa shape index (κ3) is 3.49. The summed E-state index contributed by atoms with van der Waals surface area (Å²) in [6.07, 6.45) is -17.0. The van der Waals surface area contributed by atoms with Crippen LogP contribution >= 0.6 is 0 Å². The normalized spacial score (nSPS) is 46.6. The van der Waals surface area contributed by atoms with Crippen LogP contribution in [0, 0.1) is 5.89 Å². The molecule has 0 saturated carbocycles. The summed E-state index contributed by atoms with van der Waals surface area (Å²) in [6, 6.07) is 0. The number of carboxylic acids is 1. The van der Waals surface area contributed by atoms with Gasteiger partial charge in [-0.25, -0.2) is 0 Å². The molecule has 0 fully saturated rings. The molecule has 2 nitrogen and oxygen atoms in total. The van der Waals surface area contributed by atoms with Gasteiger partial charge in [-0.3, -0.25) is 4.79 Å². The second kappa shape index (κ2) is 5.27. The number of hydrogen-bond donors (Lipinski definition) is 1. The molecule has 2 heteroatoms. The van der Waals surface area contributed by atoms with Crippen LogP contribution in [0.3, 0.4) is 0 Å². The third-order valence-electron chi connectivity index (χ3n) is 0.589. The quantitative estimate of drug-likeness (QED) is 0.668. The van der Waals surface area contributed by atoms with Crippen molar-refractivity contribution < 1.29 is 30.5 Å². The highest BCUT2D eigenvalue weighted by Gasteiger charge is 2.12. The van der Waals surface area contributed by atoms with Crippen LogP contribution in [0.5, 0.6) is 0 Å². The maximum atomic E-state index is 11.4. The van der Waals surface area contributed by atoms with E-state index >= 15 is 0 Å². The topological polar surface area (TPSA) is 37.3 Å². The summed E-state index contributed by atoms with van der Waals surface area (Å²) in [4.78, 5) is 11.4. The first-order valence-corrected chi connectivity index (χ1v) is 2.18. The average molecular weight is 159 g/mol. The molecule has 0 aromatic rings. The Balaban J connectivity index is 6.85. The largest absolute Gasteiger partial charge is 0.481 e. The third-order valence-corrected chi connectivity index (χ3v) is 0.589. The summed E-state index contributed by atoms with van der Waals surface area (Å²) in [5.41, 5.74) is 0. The van der Waals surface area contributed by atoms with Gasteiger partial charge in [-0.1, -0.05) is 26.4 Å². The van der Waals surface area contributed by atoms with Crippen molar-refractivity contribution in [1.29, 1.82) is 0 Å². The molecule has 0 aliphatic rings. The van der Waals surface area contributed by atoms with Gasteiger partial charge in [-0.2, -0.15) is 0 Å². The van der Waals surface area contributed by atoms with Crippen LogP contribution in [0.15, 0.2) is 0 Å². The summed E-state index contributed by atoms with van der Waals surface area (Å²) in [7, 11) is 0. The van der Waals surface area contributed by atoms with Crippen molar-refractivity contribution in [2.45, 2.75) is 39.2 Å². The van der Waals surface area contributed by atoms with Crippen molar-refractivity contribution >= 4 is 5.97 Å². The predicted octanol–water partition coefficient (Wildman–Crippen LogP) is 2.29. The van der Waals surface area contributed by atoms with Gasteiger partial charge in [0.25, 0.3) is 0 Å². The van der Waals surface area contributed by atoms with Crippen molar-refractivity contribution in [1.82, 2.24) is 0 Å². The second-order valence-electron chi connectivity index (χ2n) is 1.18. The molecule has 0 rings (SSSR count). The summed E-state index contributed by atoms with van der Waals surface area (Å²) in [6.45, 7) is -7.74. The van der Waals surface area contributed by atoms with Gasteiger partial charge in [0.15, 0.2) is 0 Å². The molecule has 0 aromatic carbocycles. The molecule has 10 heavy (non-hydrogen) atoms. The van der Waals surface area contributed by atoms with Gasteiger partial charge in [0.05, 0.1) is 5.89 Å². The van der Waals surface area contributed by atoms with Crippen molar-refractivity contribution in [2.24, 2.45) is 5.89 Å². The molecular formula is C8H16O2. The van der Waals surface area contributed by atoms with Gasteiger partial charge in [-0.05, 0) is 12.7 Å². The van der Waals surface area contributed by atoms with E-state index < -0.39 is 51.1 Å². The summed E-state index contributed by atoms with van der Waals surface area (Å²) in [5.74, 6) is -7.14. The van der Waals surface area contributed by atoms with E-state index in [4.69, 9.17) is 25.7 Å². The maximum Gasteiger partial charge on any atom is 0.306 e. The standard InChI is InChI=1S/C8H16O2/c1-3-5-6-7(4-2)8(9)10/h7H,3-6H2,1-2H3,(H,9,10)/i1D3,2D3,3D2,4D2,5D2,6D2,7D. The molecule has 1 unspecified atom stereocenters. The number of carboxylic acid groups (broad SMARTS) is 1. The molecule has 0 heterocycles. The fourth-order valence-electron chi connectivity index (χ4n) is 0.232. The van der Waals surface area contributed by atoms with Crippen LogP contribution in [-0.4, -0.2) is 11.1 Å². The van der Waals surface area contributed by atoms with Crippen LogP contribution in [0.4, 0.5) is 0 Å². The van der Waals surface area contributed by atoms with Gasteiger partial charge in [0.2, 0.25) is 0 Å². The zero-order valence-corrected chi connectivity index (χ0v) is 4.86. The van der Waals surface area contributed by atoms with Crippen molar-refractivity contribution in [3.05, 3.63) is 0 Å². The van der Waals surface area contributed by atoms with Gasteiger partial charge in [0.1, 0.15) is 0 Å². The van der Waals surface area contributed by atoms with E-state index in [0.29, 0.717) is 0 Å². The molecule has 1 N–H and O–H groups in total. The lowest BCUT2D eigenvalue weighted by molar-refractivity contribution is -0.142. The SMILES string of the molecule is [2H]C([2H])([2H])C([2H])([2H])C([2H])([2H])C([2H])([2H])C([2H])(C(=O)O)C([2H])([2H])C([2H])([2H])[2H]. The highest BCUT2D eigenvalue weighted by molar-refractivity contribution is 5.69. The van der Waals surface area contributed by atoms with Crippen LogP contribution < -0.4 is 0 Å². The van der Waals surface area contributed by atoms with Gasteiger partial charge in [-0.15, -0.1) is 0 Å². The van der Waals surface area contributed by atoms with E-state index in [9.17, 15) is 4.79 Å². The van der Waals surface area contributed by atoms with Crippen molar-refractivity contribution in [2.75, 3.05) is 0 Å². The summed E-state index contributed by atoms with van der Waals surface area (Å²) >= 11 is 0. The van der Waals surface area contributed by atoms with E-state index in [2.05, 4.69) is 0 Å². The number of aliphatic carboxylic acids is 1. The average Bonchev–Trinajstić information content (AvgIpc) is 2.33. The molecule has 0 aliphatic heterocycles. The Kier molecular flexibility index (Phi) is 0.650. The highest BCUT2D eigenvalue weighted by atomic mass is 16.4. The fraction of sp³-hybridized carbons (Fsp3) is 0.875. The van der Waals surface area contributed by atoms with Crippen molar-refractivity contribution in [3.8, 4) is 0 Å². The van der Waals surface area contributed by atoms with E-state index in [0.717, 1.165) is 0 Å². The Morgan fingerprint density at radius 2 is 2.70 bits per heavy atom. The zero-order valence-electron chi connectivity index (χ0n) is 19.9. The Bertz CT molecular complexity index is 529. The lowest BCUT2D eigenvalue weighted by Gasteiger charge is -2.06. The van der Waals surface area contributed by atoms with Crippen molar-refractivity contribution in [3.63, 3.8) is 0 Å². The van der Waals surface area contributed by atoms with E-state index in [1.165, 1.54) is 0 Å². The fourth-order valence-corrected chi connectivity index (χ4v) is 0.232. The van der Waals surface area contributed by atoms with Gasteiger partial charge >= 0.3 is 5.97 Å². The minimum atomic E-state index is -4.42. The maximum absolute atomic E-state index is 11.4. The molecule has 60 valence electrons. The molecule has 0 spiro atoms. The Labute approximate surface area is 83.3 Å². The van der Waals surface area contributed by atoms with Crippen LogP contribution in [-0.2, 0) is 4.79 Å². The van der Waals surface area contributed by atoms with E-state index in [1.54, 1.807) is 0 Å². The van der Waals surface area contributed by atoms with E-state index in [1.807, 2.05) is 0 Å². The first kappa shape index (κ1) is 1.23. The Morgan fingerprint density at radius 3 is 3.20 bits per heavy atom. The molecule has 0 radical (unpaired) electrons. The summed E-state index contributed by atoms with van der Waals surface area (Å²) in [5, 5.41) is 9.15. The predicted molar refractivity (Wildman–Crippen MR) is 40.9 cm³/mol. The van der Waals surface area contributed by atoms with Gasteiger partial charge in [0, 0.05) is 20.6 Å². The minimum Gasteiger partial charge on any atom is -0.481 e. The molecule has 0 aromatic heterocycles. The molecule has 1 atom stereocenters. The van der Waals surface area contributed by atoms with E-state index in [-0.39, 0.29) is 0 Å². The zero-order chi connectivity index (χ0) is 21.1. The smallest absolute Gasteiger partial charge is 0.306 e. The monoisotopic (exact) mass is 159 g/mol. The first-order valence-electron chi connectivity index (χ1n) is 9.68. The lowest BCUT2D eigenvalue weighted by Crippen LogP contribution is -2.11. The molecule has 0 amide bonds. The second-order valence-corrected chi connectivity index (χ2v) is 1.18. The lowest BCUT2D eigenvalue weighted by atomic mass is 10.00. The van der Waals surface area contributed by atoms with Crippen LogP contribution in [0.2, 0.25) is 0 Å². The van der Waals surface area contributed by atoms with Crippen LogP contribution in [0.1, 0.15) is 59.8 Å². The Hall–Kier alpha value is -0.530. The number of hydrogen-bond acceptors (Lipinski definition) is 1.